The topological polar surface area (TPSA) is 54.4 Å². The highest BCUT2D eigenvalue weighted by atomic mass is 19.4. The Morgan fingerprint density at radius 2 is 1.77 bits per heavy atom. The maximum Gasteiger partial charge on any atom is 0.416 e. The van der Waals surface area contributed by atoms with Crippen molar-refractivity contribution in [2.24, 2.45) is 4.99 Å². The lowest BCUT2D eigenvalue weighted by atomic mass is 9.95. The summed E-state index contributed by atoms with van der Waals surface area (Å²) in [5.41, 5.74) is 0.919. The molecule has 1 saturated heterocycles. The van der Waals surface area contributed by atoms with Gasteiger partial charge in [0.05, 0.1) is 24.2 Å². The van der Waals surface area contributed by atoms with Crippen molar-refractivity contribution < 1.29 is 27.4 Å². The molecule has 0 bridgehead atoms. The molecule has 6 nitrogen and oxygen atoms in total. The molecule has 5 rings (SSSR count). The number of carbonyl (C=O) groups excluding carboxylic acids is 1. The number of fused-ring (bicyclic) bond motifs is 2. The fourth-order valence-electron chi connectivity index (χ4n) is 5.11. The monoisotopic (exact) mass is 537 g/mol. The molecule has 1 amide bonds. The van der Waals surface area contributed by atoms with Gasteiger partial charge >= 0.3 is 6.18 Å². The Hall–Kier alpha value is -4.01. The van der Waals surface area contributed by atoms with Gasteiger partial charge in [-0.2, -0.15) is 13.2 Å². The second kappa shape index (κ2) is 11.0. The van der Waals surface area contributed by atoms with E-state index >= 15 is 0 Å². The van der Waals surface area contributed by atoms with E-state index < -0.39 is 11.7 Å². The van der Waals surface area contributed by atoms with Gasteiger partial charge in [-0.3, -0.25) is 4.79 Å². The molecule has 0 aliphatic carbocycles. The number of aliphatic imine (C=N–C) groups is 1. The highest BCUT2D eigenvalue weighted by Gasteiger charge is 2.33. The van der Waals surface area contributed by atoms with E-state index in [9.17, 15) is 18.0 Å². The van der Waals surface area contributed by atoms with Crippen LogP contribution in [0.4, 0.5) is 18.9 Å². The van der Waals surface area contributed by atoms with Crippen LogP contribution in [0.3, 0.4) is 0 Å². The number of amides is 1. The summed E-state index contributed by atoms with van der Waals surface area (Å²) in [5, 5.41) is 0. The van der Waals surface area contributed by atoms with E-state index in [1.54, 1.807) is 25.3 Å². The van der Waals surface area contributed by atoms with Crippen molar-refractivity contribution in [1.82, 2.24) is 9.80 Å². The highest BCUT2D eigenvalue weighted by Crippen LogP contribution is 2.42. The van der Waals surface area contributed by atoms with Crippen molar-refractivity contribution in [3.05, 3.63) is 83.4 Å². The molecule has 0 aromatic heterocycles. The Morgan fingerprint density at radius 3 is 2.49 bits per heavy atom. The van der Waals surface area contributed by atoms with Gasteiger partial charge in [0.15, 0.2) is 5.75 Å². The van der Waals surface area contributed by atoms with Crippen molar-refractivity contribution in [1.29, 1.82) is 0 Å². The van der Waals surface area contributed by atoms with Gasteiger partial charge in [-0.1, -0.05) is 37.3 Å². The van der Waals surface area contributed by atoms with Gasteiger partial charge in [-0.05, 0) is 54.8 Å². The molecule has 3 aromatic carbocycles. The molecule has 1 unspecified atom stereocenters. The molecule has 1 atom stereocenters. The van der Waals surface area contributed by atoms with Gasteiger partial charge in [-0.25, -0.2) is 4.99 Å². The lowest BCUT2D eigenvalue weighted by Gasteiger charge is -2.27. The number of ether oxygens (including phenoxy) is 2. The van der Waals surface area contributed by atoms with Crippen LogP contribution in [0.2, 0.25) is 0 Å². The molecule has 0 spiro atoms. The average Bonchev–Trinajstić information content (AvgIpc) is 3.27. The Labute approximate surface area is 225 Å². The SMILES string of the molecule is CCC(C(=O)N1CCCN(C2=Nc3cc(C(F)(F)F)ccc3Oc3ccc(OC)cc32)CC1)c1ccccc1. The van der Waals surface area contributed by atoms with Crippen LogP contribution in [-0.2, 0) is 11.0 Å². The van der Waals surface area contributed by atoms with E-state index in [0.717, 1.165) is 17.7 Å². The predicted octanol–water partition coefficient (Wildman–Crippen LogP) is 6.63. The van der Waals surface area contributed by atoms with Crippen LogP contribution in [0.15, 0.2) is 71.7 Å². The number of carbonyl (C=O) groups is 1. The minimum atomic E-state index is -4.51. The van der Waals surface area contributed by atoms with E-state index in [0.29, 0.717) is 61.9 Å². The Bertz CT molecular complexity index is 1370. The van der Waals surface area contributed by atoms with Gasteiger partial charge in [0.2, 0.25) is 5.91 Å². The first-order valence-electron chi connectivity index (χ1n) is 13.0. The number of amidine groups is 1. The van der Waals surface area contributed by atoms with Gasteiger partial charge < -0.3 is 19.3 Å². The molecule has 2 heterocycles. The maximum absolute atomic E-state index is 13.5. The first kappa shape index (κ1) is 26.6. The Kier molecular flexibility index (Phi) is 7.50. The van der Waals surface area contributed by atoms with Gasteiger partial charge in [0, 0.05) is 26.2 Å². The van der Waals surface area contributed by atoms with E-state index in [-0.39, 0.29) is 23.3 Å². The van der Waals surface area contributed by atoms with Crippen molar-refractivity contribution >= 4 is 17.4 Å². The van der Waals surface area contributed by atoms with Crippen molar-refractivity contribution in [2.45, 2.75) is 31.9 Å². The Morgan fingerprint density at radius 1 is 1.00 bits per heavy atom. The molecule has 3 aromatic rings. The largest absolute Gasteiger partial charge is 0.497 e. The number of benzene rings is 3. The zero-order valence-corrected chi connectivity index (χ0v) is 21.9. The normalized spacial score (nSPS) is 16.2. The average molecular weight is 538 g/mol. The van der Waals surface area contributed by atoms with Crippen LogP contribution >= 0.6 is 0 Å². The highest BCUT2D eigenvalue weighted by molar-refractivity contribution is 6.04. The second-order valence-electron chi connectivity index (χ2n) is 9.62. The van der Waals surface area contributed by atoms with Gasteiger partial charge in [0.1, 0.15) is 23.0 Å². The third-order valence-electron chi connectivity index (χ3n) is 7.18. The van der Waals surface area contributed by atoms with Crippen molar-refractivity contribution in [2.75, 3.05) is 33.3 Å². The fraction of sp³-hybridized carbons (Fsp3) is 0.333. The summed E-state index contributed by atoms with van der Waals surface area (Å²) in [6.45, 7) is 4.12. The van der Waals surface area contributed by atoms with E-state index in [1.807, 2.05) is 47.1 Å². The number of methoxy groups -OCH3 is 1. The van der Waals surface area contributed by atoms with Crippen LogP contribution in [0.1, 0.15) is 42.4 Å². The molecule has 39 heavy (non-hydrogen) atoms. The number of halogens is 3. The van der Waals surface area contributed by atoms with E-state index in [4.69, 9.17) is 14.5 Å². The summed E-state index contributed by atoms with van der Waals surface area (Å²) < 4.78 is 52.0. The third-order valence-corrected chi connectivity index (χ3v) is 7.18. The first-order chi connectivity index (χ1) is 18.8. The lowest BCUT2D eigenvalue weighted by Crippen LogP contribution is -2.39. The molecular formula is C30H30F3N3O3. The van der Waals surface area contributed by atoms with E-state index in [1.165, 1.54) is 6.07 Å². The van der Waals surface area contributed by atoms with E-state index in [2.05, 4.69) is 0 Å². The van der Waals surface area contributed by atoms with Crippen LogP contribution in [0.5, 0.6) is 17.2 Å². The van der Waals surface area contributed by atoms with Crippen LogP contribution in [0.25, 0.3) is 0 Å². The van der Waals surface area contributed by atoms with Crippen molar-refractivity contribution in [3.63, 3.8) is 0 Å². The summed E-state index contributed by atoms with van der Waals surface area (Å²) in [6.07, 6.45) is -3.13. The Balaban J connectivity index is 1.47. The maximum atomic E-state index is 13.5. The zero-order valence-electron chi connectivity index (χ0n) is 21.9. The first-order valence-corrected chi connectivity index (χ1v) is 13.0. The summed E-state index contributed by atoms with van der Waals surface area (Å²) in [6, 6.07) is 18.3. The zero-order chi connectivity index (χ0) is 27.6. The molecule has 1 fully saturated rings. The molecule has 0 N–H and O–H groups in total. The number of alkyl halides is 3. The van der Waals surface area contributed by atoms with Crippen molar-refractivity contribution in [3.8, 4) is 17.2 Å². The predicted molar refractivity (Wildman–Crippen MR) is 143 cm³/mol. The summed E-state index contributed by atoms with van der Waals surface area (Å²) in [5.74, 6) is 1.64. The van der Waals surface area contributed by atoms with Crippen LogP contribution in [0, 0.1) is 0 Å². The van der Waals surface area contributed by atoms with Gasteiger partial charge in [0.25, 0.3) is 0 Å². The third kappa shape index (κ3) is 5.57. The molecule has 0 saturated carbocycles. The molecule has 2 aliphatic heterocycles. The smallest absolute Gasteiger partial charge is 0.416 e. The molecule has 9 heteroatoms. The van der Waals surface area contributed by atoms with Crippen LogP contribution in [-0.4, -0.2) is 54.8 Å². The lowest BCUT2D eigenvalue weighted by molar-refractivity contribution is -0.137. The number of rotatable bonds is 4. The molecule has 0 radical (unpaired) electrons. The number of nitrogens with zero attached hydrogens (tertiary/aromatic N) is 3. The number of hydrogen-bond acceptors (Lipinski definition) is 5. The van der Waals surface area contributed by atoms with Gasteiger partial charge in [-0.15, -0.1) is 0 Å². The summed E-state index contributed by atoms with van der Waals surface area (Å²) in [4.78, 5) is 22.2. The minimum Gasteiger partial charge on any atom is -0.497 e. The standard InChI is InChI=1S/C30H30F3N3O3/c1-3-23(20-8-5-4-6-9-20)29(37)36-15-7-14-35(16-17-36)28-24-19-22(38-2)11-13-26(24)39-27-12-10-21(30(31,32)33)18-25(27)34-28/h4-6,8-13,18-19,23H,3,7,14-17H2,1-2H3. The molecule has 204 valence electrons. The summed E-state index contributed by atoms with van der Waals surface area (Å²) >= 11 is 0. The quantitative estimate of drug-likeness (QED) is 0.375. The fourth-order valence-corrected chi connectivity index (χ4v) is 5.11. The number of hydrogen-bond donors (Lipinski definition) is 0. The molecular weight excluding hydrogens is 507 g/mol. The minimum absolute atomic E-state index is 0.0823. The second-order valence-corrected chi connectivity index (χ2v) is 9.62. The molecule has 2 aliphatic rings. The van der Waals surface area contributed by atoms with Crippen LogP contribution < -0.4 is 9.47 Å². The summed E-state index contributed by atoms with van der Waals surface area (Å²) in [7, 11) is 1.55.